The summed E-state index contributed by atoms with van der Waals surface area (Å²) in [7, 11) is 2.04. The molecule has 3 aromatic rings. The van der Waals surface area contributed by atoms with Crippen molar-refractivity contribution in [3.63, 3.8) is 0 Å². The maximum atomic E-state index is 8.31. The minimum atomic E-state index is -1.25. The van der Waals surface area contributed by atoms with E-state index in [0.29, 0.717) is 5.56 Å². The standard InChI is InChI=1S/C22H24N/c1-16(2)18-9-7-10-19(14-18)20-12-13-22(23(4)15-20)21-11-6-5-8-17(21)3/h5-16H,1-4H3/q+1/i1D2,16D. The molecular formula is C22H24N+. The Hall–Kier alpha value is -2.41. The highest BCUT2D eigenvalue weighted by Crippen LogP contribution is 2.25. The van der Waals surface area contributed by atoms with E-state index in [4.69, 9.17) is 4.11 Å². The first-order valence-corrected chi connectivity index (χ1v) is 7.82. The minimum Gasteiger partial charge on any atom is -0.200 e. The van der Waals surface area contributed by atoms with E-state index in [0.717, 1.165) is 16.8 Å². The minimum absolute atomic E-state index is 0.690. The molecule has 2 aromatic carbocycles. The molecule has 0 saturated heterocycles. The van der Waals surface area contributed by atoms with Crippen LogP contribution in [0.4, 0.5) is 0 Å². The van der Waals surface area contributed by atoms with Crippen LogP contribution in [0.1, 0.15) is 34.9 Å². The second-order valence-corrected chi connectivity index (χ2v) is 5.99. The molecule has 0 amide bonds. The molecule has 0 fully saturated rings. The third kappa shape index (κ3) is 3.19. The van der Waals surface area contributed by atoms with Gasteiger partial charge < -0.3 is 0 Å². The zero-order valence-electron chi connectivity index (χ0n) is 16.9. The van der Waals surface area contributed by atoms with Crippen molar-refractivity contribution in [3.05, 3.63) is 78.0 Å². The van der Waals surface area contributed by atoms with Crippen LogP contribution in [0.2, 0.25) is 0 Å². The van der Waals surface area contributed by atoms with Crippen LogP contribution in [0, 0.1) is 6.92 Å². The zero-order chi connectivity index (χ0) is 18.9. The Morgan fingerprint density at radius 3 is 2.57 bits per heavy atom. The van der Waals surface area contributed by atoms with Crippen molar-refractivity contribution < 1.29 is 8.68 Å². The van der Waals surface area contributed by atoms with Gasteiger partial charge in [0, 0.05) is 21.3 Å². The lowest BCUT2D eigenvalue weighted by molar-refractivity contribution is -0.659. The molecule has 116 valence electrons. The summed E-state index contributed by atoms with van der Waals surface area (Å²) in [5.74, 6) is -1.25. The van der Waals surface area contributed by atoms with Crippen molar-refractivity contribution in [2.75, 3.05) is 0 Å². The highest BCUT2D eigenvalue weighted by atomic mass is 14.9. The Kier molecular flexibility index (Phi) is 3.34. The molecule has 0 N–H and O–H groups in total. The highest BCUT2D eigenvalue weighted by molar-refractivity contribution is 5.66. The summed E-state index contributed by atoms with van der Waals surface area (Å²) in [5.41, 5.74) is 6.32. The van der Waals surface area contributed by atoms with Crippen LogP contribution >= 0.6 is 0 Å². The predicted molar refractivity (Wildman–Crippen MR) is 97.3 cm³/mol. The third-order valence-corrected chi connectivity index (χ3v) is 4.21. The Bertz CT molecular complexity index is 932. The van der Waals surface area contributed by atoms with Crippen molar-refractivity contribution in [1.29, 1.82) is 0 Å². The SMILES string of the molecule is [2H]C([2H])C([2H])(C)c1cccc(-c2ccc(-c3ccccc3C)[n+](C)c2)c1. The van der Waals surface area contributed by atoms with Crippen LogP contribution in [0.5, 0.6) is 0 Å². The fourth-order valence-corrected chi connectivity index (χ4v) is 2.86. The van der Waals surface area contributed by atoms with Gasteiger partial charge in [-0.3, -0.25) is 0 Å². The highest BCUT2D eigenvalue weighted by Gasteiger charge is 2.13. The Labute approximate surface area is 143 Å². The average Bonchev–Trinajstić information content (AvgIpc) is 2.62. The van der Waals surface area contributed by atoms with Gasteiger partial charge in [-0.15, -0.1) is 0 Å². The lowest BCUT2D eigenvalue weighted by atomic mass is 9.97. The monoisotopic (exact) mass is 305 g/mol. The first kappa shape index (κ1) is 12.1. The molecule has 0 aliphatic rings. The summed E-state index contributed by atoms with van der Waals surface area (Å²) in [4.78, 5) is 0. The van der Waals surface area contributed by atoms with E-state index in [1.165, 1.54) is 11.1 Å². The van der Waals surface area contributed by atoms with Crippen molar-refractivity contribution in [2.24, 2.45) is 7.05 Å². The maximum absolute atomic E-state index is 8.31. The van der Waals surface area contributed by atoms with Crippen molar-refractivity contribution in [2.45, 2.75) is 26.6 Å². The number of nitrogens with zero attached hydrogens (tertiary/aromatic N) is 1. The van der Waals surface area contributed by atoms with Gasteiger partial charge in [-0.25, -0.2) is 4.57 Å². The first-order chi connectivity index (χ1) is 12.3. The van der Waals surface area contributed by atoms with Crippen LogP contribution in [0.25, 0.3) is 22.4 Å². The molecule has 0 aliphatic carbocycles. The summed E-state index contributed by atoms with van der Waals surface area (Å²) in [5, 5.41) is 0. The largest absolute Gasteiger partial charge is 0.212 e. The fourth-order valence-electron chi connectivity index (χ4n) is 2.86. The van der Waals surface area contributed by atoms with Crippen molar-refractivity contribution in [1.82, 2.24) is 0 Å². The molecule has 0 bridgehead atoms. The molecule has 0 spiro atoms. The normalized spacial score (nSPS) is 15.6. The van der Waals surface area contributed by atoms with E-state index in [1.807, 2.05) is 43.4 Å². The van der Waals surface area contributed by atoms with Crippen molar-refractivity contribution >= 4 is 0 Å². The zero-order valence-corrected chi connectivity index (χ0v) is 13.9. The Balaban J connectivity index is 2.02. The number of pyridine rings is 1. The fraction of sp³-hybridized carbons (Fsp3) is 0.227. The van der Waals surface area contributed by atoms with E-state index in [9.17, 15) is 0 Å². The average molecular weight is 305 g/mol. The molecule has 1 atom stereocenters. The summed E-state index contributed by atoms with van der Waals surface area (Å²) in [6, 6.07) is 20.2. The molecule has 1 heteroatoms. The molecule has 1 heterocycles. The van der Waals surface area contributed by atoms with Crippen LogP contribution in [0.15, 0.2) is 66.9 Å². The van der Waals surface area contributed by atoms with Gasteiger partial charge in [0.1, 0.15) is 7.05 Å². The topological polar surface area (TPSA) is 3.88 Å². The Morgan fingerprint density at radius 1 is 1.00 bits per heavy atom. The Morgan fingerprint density at radius 2 is 1.83 bits per heavy atom. The predicted octanol–water partition coefficient (Wildman–Crippen LogP) is 5.28. The van der Waals surface area contributed by atoms with Gasteiger partial charge in [-0.1, -0.05) is 56.3 Å². The molecule has 1 aromatic heterocycles. The second-order valence-electron chi connectivity index (χ2n) is 5.99. The van der Waals surface area contributed by atoms with Gasteiger partial charge in [0.15, 0.2) is 6.20 Å². The van der Waals surface area contributed by atoms with E-state index in [1.54, 1.807) is 6.92 Å². The molecule has 0 radical (unpaired) electrons. The molecule has 23 heavy (non-hydrogen) atoms. The smallest absolute Gasteiger partial charge is 0.200 e. The second kappa shape index (κ2) is 6.37. The van der Waals surface area contributed by atoms with Gasteiger partial charge in [0.2, 0.25) is 5.69 Å². The summed E-state index contributed by atoms with van der Waals surface area (Å²) in [6.45, 7) is 2.50. The molecule has 0 aliphatic heterocycles. The van der Waals surface area contributed by atoms with E-state index in [-0.39, 0.29) is 0 Å². The number of aromatic nitrogens is 1. The van der Waals surface area contributed by atoms with Crippen molar-refractivity contribution in [3.8, 4) is 22.4 Å². The van der Waals surface area contributed by atoms with Crippen LogP contribution < -0.4 is 4.57 Å². The lowest BCUT2D eigenvalue weighted by Crippen LogP contribution is -2.30. The quantitative estimate of drug-likeness (QED) is 0.580. The van der Waals surface area contributed by atoms with Gasteiger partial charge >= 0.3 is 0 Å². The van der Waals surface area contributed by atoms with E-state index in [2.05, 4.69) is 42.0 Å². The maximum Gasteiger partial charge on any atom is 0.212 e. The van der Waals surface area contributed by atoms with Gasteiger partial charge in [0.05, 0.1) is 0 Å². The summed E-state index contributed by atoms with van der Waals surface area (Å²) in [6.07, 6.45) is 2.08. The molecule has 0 saturated carbocycles. The van der Waals surface area contributed by atoms with Gasteiger partial charge in [-0.2, -0.15) is 0 Å². The summed E-state index contributed by atoms with van der Waals surface area (Å²) < 4.78 is 25.7. The number of benzene rings is 2. The molecular weight excluding hydrogens is 278 g/mol. The number of aryl methyl sites for hydroxylation is 2. The molecule has 1 unspecified atom stereocenters. The van der Waals surface area contributed by atoms with Crippen LogP contribution in [0.3, 0.4) is 0 Å². The first-order valence-electron chi connectivity index (χ1n) is 9.47. The van der Waals surface area contributed by atoms with E-state index >= 15 is 0 Å². The number of rotatable bonds is 3. The molecule has 3 rings (SSSR count). The number of hydrogen-bond acceptors (Lipinski definition) is 0. The molecule has 1 nitrogen and oxygen atoms in total. The lowest BCUT2D eigenvalue weighted by Gasteiger charge is -2.09. The van der Waals surface area contributed by atoms with Gasteiger partial charge in [0.25, 0.3) is 0 Å². The van der Waals surface area contributed by atoms with Gasteiger partial charge in [-0.05, 0) is 41.6 Å². The third-order valence-electron chi connectivity index (χ3n) is 4.21. The van der Waals surface area contributed by atoms with E-state index < -0.39 is 12.8 Å². The summed E-state index contributed by atoms with van der Waals surface area (Å²) >= 11 is 0. The number of hydrogen-bond donors (Lipinski definition) is 0. The van der Waals surface area contributed by atoms with Crippen LogP contribution in [-0.4, -0.2) is 0 Å². The van der Waals surface area contributed by atoms with Crippen LogP contribution in [-0.2, 0) is 7.05 Å².